The second-order valence-corrected chi connectivity index (χ2v) is 4.57. The Morgan fingerprint density at radius 2 is 1.28 bits per heavy atom. The maximum atomic E-state index is 12.6. The average molecular weight is 330 g/mol. The first kappa shape index (κ1) is 21.4. The van der Waals surface area contributed by atoms with Crippen molar-refractivity contribution in [3.05, 3.63) is 0 Å². The van der Waals surface area contributed by atoms with Gasteiger partial charge in [-0.05, 0) is 6.42 Å². The van der Waals surface area contributed by atoms with E-state index in [1.807, 2.05) is 0 Å². The molecule has 0 aliphatic heterocycles. The molecule has 3 nitrogen and oxygen atoms in total. The standard InChI is InChI=1S/C6H7F7O3S.K/c7-4(8,2-1-3-5(9,10)11)6(12,13)17(14,15)16;/h1-3H2,(H,14,15,16);/q;+1/p-1. The van der Waals surface area contributed by atoms with Gasteiger partial charge in [0.1, 0.15) is 0 Å². The summed E-state index contributed by atoms with van der Waals surface area (Å²) in [6.45, 7) is 0. The van der Waals surface area contributed by atoms with Crippen LogP contribution in [0.1, 0.15) is 19.3 Å². The van der Waals surface area contributed by atoms with E-state index in [2.05, 4.69) is 0 Å². The Morgan fingerprint density at radius 3 is 1.56 bits per heavy atom. The van der Waals surface area contributed by atoms with Crippen molar-refractivity contribution in [2.75, 3.05) is 0 Å². The number of hydrogen-bond acceptors (Lipinski definition) is 3. The molecule has 0 atom stereocenters. The molecule has 104 valence electrons. The van der Waals surface area contributed by atoms with Crippen molar-refractivity contribution < 1.29 is 95.1 Å². The molecule has 0 fully saturated rings. The van der Waals surface area contributed by atoms with Crippen molar-refractivity contribution in [1.82, 2.24) is 0 Å². The van der Waals surface area contributed by atoms with Gasteiger partial charge in [-0.3, -0.25) is 0 Å². The summed E-state index contributed by atoms with van der Waals surface area (Å²) in [5, 5.41) is -5.93. The Labute approximate surface area is 140 Å². The molecule has 0 aromatic heterocycles. The van der Waals surface area contributed by atoms with Crippen LogP contribution in [0, 0.1) is 0 Å². The molecule has 0 rings (SSSR count). The third-order valence-corrected chi connectivity index (χ3v) is 2.62. The maximum Gasteiger partial charge on any atom is 1.00 e. The van der Waals surface area contributed by atoms with Crippen molar-refractivity contribution in [2.24, 2.45) is 0 Å². The first-order valence-corrected chi connectivity index (χ1v) is 5.39. The summed E-state index contributed by atoms with van der Waals surface area (Å²) in [6, 6.07) is 0. The summed E-state index contributed by atoms with van der Waals surface area (Å²) in [7, 11) is -6.64. The van der Waals surface area contributed by atoms with Crippen LogP contribution in [-0.4, -0.2) is 30.3 Å². The minimum Gasteiger partial charge on any atom is -0.743 e. The number of rotatable bonds is 5. The van der Waals surface area contributed by atoms with E-state index >= 15 is 0 Å². The van der Waals surface area contributed by atoms with Gasteiger partial charge in [0.05, 0.1) is 0 Å². The zero-order valence-electron chi connectivity index (χ0n) is 8.90. The zero-order chi connectivity index (χ0) is 14.1. The van der Waals surface area contributed by atoms with Gasteiger partial charge in [-0.25, -0.2) is 8.42 Å². The van der Waals surface area contributed by atoms with Crippen molar-refractivity contribution >= 4 is 10.1 Å². The van der Waals surface area contributed by atoms with Crippen molar-refractivity contribution in [2.45, 2.75) is 36.6 Å². The average Bonchev–Trinajstić information content (AvgIpc) is 1.98. The maximum absolute atomic E-state index is 12.6. The van der Waals surface area contributed by atoms with Crippen molar-refractivity contribution in [1.29, 1.82) is 0 Å². The van der Waals surface area contributed by atoms with Crippen LogP contribution in [-0.2, 0) is 10.1 Å². The Morgan fingerprint density at radius 1 is 0.889 bits per heavy atom. The topological polar surface area (TPSA) is 57.2 Å². The molecule has 0 saturated carbocycles. The molecule has 0 N–H and O–H groups in total. The Balaban J connectivity index is 0. The van der Waals surface area contributed by atoms with E-state index in [9.17, 15) is 43.7 Å². The number of halogens is 7. The van der Waals surface area contributed by atoms with Crippen LogP contribution in [0.4, 0.5) is 30.7 Å². The van der Waals surface area contributed by atoms with E-state index in [1.54, 1.807) is 0 Å². The fraction of sp³-hybridized carbons (Fsp3) is 1.00. The monoisotopic (exact) mass is 330 g/mol. The normalized spacial score (nSPS) is 14.2. The molecule has 18 heavy (non-hydrogen) atoms. The first-order valence-electron chi connectivity index (χ1n) is 3.98. The van der Waals surface area contributed by atoms with Crippen LogP contribution in [0.5, 0.6) is 0 Å². The fourth-order valence-corrected chi connectivity index (χ4v) is 1.31. The number of hydrogen-bond donors (Lipinski definition) is 0. The molecule has 0 radical (unpaired) electrons. The second kappa shape index (κ2) is 6.67. The van der Waals surface area contributed by atoms with E-state index < -0.39 is 46.7 Å². The van der Waals surface area contributed by atoms with Gasteiger partial charge in [0.2, 0.25) is 0 Å². The molecule has 0 spiro atoms. The molecule has 0 saturated heterocycles. The van der Waals surface area contributed by atoms with E-state index in [0.29, 0.717) is 0 Å². The van der Waals surface area contributed by atoms with Crippen LogP contribution in [0.25, 0.3) is 0 Å². The van der Waals surface area contributed by atoms with E-state index in [1.165, 1.54) is 0 Å². The van der Waals surface area contributed by atoms with E-state index in [-0.39, 0.29) is 51.4 Å². The van der Waals surface area contributed by atoms with Gasteiger partial charge in [-0.15, -0.1) is 0 Å². The molecule has 0 amide bonds. The van der Waals surface area contributed by atoms with Crippen LogP contribution < -0.4 is 51.4 Å². The minimum absolute atomic E-state index is 0. The number of alkyl halides is 7. The molecule has 0 heterocycles. The summed E-state index contributed by atoms with van der Waals surface area (Å²) in [6.07, 6.45) is -10.1. The molecule has 12 heteroatoms. The van der Waals surface area contributed by atoms with Gasteiger partial charge < -0.3 is 4.55 Å². The third kappa shape index (κ3) is 6.01. The molecule has 0 aromatic carbocycles. The van der Waals surface area contributed by atoms with Gasteiger partial charge in [0, 0.05) is 12.8 Å². The van der Waals surface area contributed by atoms with Crippen LogP contribution in [0.3, 0.4) is 0 Å². The van der Waals surface area contributed by atoms with Gasteiger partial charge in [-0.2, -0.15) is 30.7 Å². The van der Waals surface area contributed by atoms with Crippen LogP contribution in [0.2, 0.25) is 0 Å². The first-order chi connectivity index (χ1) is 7.21. The minimum atomic E-state index is -6.64. The van der Waals surface area contributed by atoms with Crippen molar-refractivity contribution in [3.63, 3.8) is 0 Å². The Kier molecular flexibility index (Phi) is 7.92. The molecule has 0 aliphatic rings. The summed E-state index contributed by atoms with van der Waals surface area (Å²) >= 11 is 0. The smallest absolute Gasteiger partial charge is 0.743 e. The molecule has 0 aromatic rings. The predicted molar refractivity (Wildman–Crippen MR) is 39.5 cm³/mol. The SMILES string of the molecule is O=S(=O)([O-])C(F)(F)C(F)(F)CCCC(F)(F)F.[K+]. The quantitative estimate of drug-likeness (QED) is 0.388. The summed E-state index contributed by atoms with van der Waals surface area (Å²) in [5.41, 5.74) is 0. The van der Waals surface area contributed by atoms with Crippen molar-refractivity contribution in [3.8, 4) is 0 Å². The predicted octanol–water partition coefficient (Wildman–Crippen LogP) is -0.504. The molecular formula is C6H6F7KO3S. The zero-order valence-corrected chi connectivity index (χ0v) is 12.8. The van der Waals surface area contributed by atoms with Gasteiger partial charge in [0.25, 0.3) is 0 Å². The molecular weight excluding hydrogens is 324 g/mol. The van der Waals surface area contributed by atoms with E-state index in [4.69, 9.17) is 0 Å². The largest absolute Gasteiger partial charge is 1.00 e. The van der Waals surface area contributed by atoms with Crippen LogP contribution in [0.15, 0.2) is 0 Å². The summed E-state index contributed by atoms with van der Waals surface area (Å²) in [4.78, 5) is 0. The van der Waals surface area contributed by atoms with Gasteiger partial charge >= 0.3 is 68.7 Å². The molecule has 0 bridgehead atoms. The summed E-state index contributed by atoms with van der Waals surface area (Å²) in [5.74, 6) is -5.33. The fourth-order valence-electron chi connectivity index (χ4n) is 0.839. The van der Waals surface area contributed by atoms with Gasteiger partial charge in [0.15, 0.2) is 10.1 Å². The van der Waals surface area contributed by atoms with Gasteiger partial charge in [-0.1, -0.05) is 0 Å². The third-order valence-electron chi connectivity index (χ3n) is 1.69. The van der Waals surface area contributed by atoms with E-state index in [0.717, 1.165) is 0 Å². The Hall–Kier alpha value is 1.06. The molecule has 0 unspecified atom stereocenters. The molecule has 0 aliphatic carbocycles. The summed E-state index contributed by atoms with van der Waals surface area (Å²) < 4.78 is 114. The second-order valence-electron chi connectivity index (χ2n) is 3.14. The van der Waals surface area contributed by atoms with Crippen LogP contribution >= 0.6 is 0 Å². The Bertz CT molecular complexity index is 364.